The van der Waals surface area contributed by atoms with Crippen molar-refractivity contribution in [3.8, 4) is 0 Å². The van der Waals surface area contributed by atoms with Crippen molar-refractivity contribution in [3.63, 3.8) is 0 Å². The maximum Gasteiger partial charge on any atom is 0.0805 e. The standard InChI is InChI=1S/C5H8O2/c6-4-2-1-3-5(4)7/h4-7H,2-3H2. The number of hydrogen-bond donors (Lipinski definition) is 2. The molecular weight excluding hydrogens is 92.1 g/mol. The fourth-order valence-electron chi connectivity index (χ4n) is 0.651. The molecular formula is C5H8O2. The van der Waals surface area contributed by atoms with Crippen molar-refractivity contribution in [1.29, 1.82) is 0 Å². The second-order valence-electron chi connectivity index (χ2n) is 1.79. The molecule has 2 N–H and O–H groups in total. The van der Waals surface area contributed by atoms with Gasteiger partial charge < -0.3 is 10.2 Å². The summed E-state index contributed by atoms with van der Waals surface area (Å²) in [7, 11) is 0. The van der Waals surface area contributed by atoms with Crippen LogP contribution in [-0.2, 0) is 0 Å². The zero-order valence-electron chi connectivity index (χ0n) is 3.96. The fraction of sp³-hybridized carbons (Fsp3) is 0.800. The Hall–Kier alpha value is -0.0800. The van der Waals surface area contributed by atoms with Gasteiger partial charge in [0, 0.05) is 0 Å². The molecule has 0 aromatic carbocycles. The van der Waals surface area contributed by atoms with Crippen LogP contribution in [0.2, 0.25) is 0 Å². The number of aliphatic hydroxyl groups is 2. The molecule has 40 valence electrons. The third kappa shape index (κ3) is 0.924. The van der Waals surface area contributed by atoms with Crippen LogP contribution in [0.4, 0.5) is 0 Å². The topological polar surface area (TPSA) is 40.5 Å². The van der Waals surface area contributed by atoms with Gasteiger partial charge in [0.1, 0.15) is 0 Å². The highest BCUT2D eigenvalue weighted by atomic mass is 16.3. The average Bonchev–Trinajstić information content (AvgIpc) is 1.91. The quantitative estimate of drug-likeness (QED) is 0.434. The summed E-state index contributed by atoms with van der Waals surface area (Å²) in [5.74, 6) is 0. The molecule has 1 fully saturated rings. The Kier molecular flexibility index (Phi) is 1.30. The molecule has 0 aliphatic heterocycles. The van der Waals surface area contributed by atoms with E-state index in [1.165, 1.54) is 0 Å². The summed E-state index contributed by atoms with van der Waals surface area (Å²) < 4.78 is 0. The van der Waals surface area contributed by atoms with Gasteiger partial charge in [-0.25, -0.2) is 0 Å². The van der Waals surface area contributed by atoms with Crippen LogP contribution in [0.5, 0.6) is 0 Å². The van der Waals surface area contributed by atoms with Gasteiger partial charge in [-0.15, -0.1) is 0 Å². The lowest BCUT2D eigenvalue weighted by Gasteiger charge is -2.03. The van der Waals surface area contributed by atoms with Crippen molar-refractivity contribution in [1.82, 2.24) is 0 Å². The van der Waals surface area contributed by atoms with Crippen molar-refractivity contribution >= 4 is 0 Å². The lowest BCUT2D eigenvalue weighted by atomic mass is 10.3. The van der Waals surface area contributed by atoms with Gasteiger partial charge in [-0.05, 0) is 19.3 Å². The lowest BCUT2D eigenvalue weighted by Crippen LogP contribution is -2.17. The first-order valence-corrected chi connectivity index (χ1v) is 2.37. The molecule has 0 heterocycles. The van der Waals surface area contributed by atoms with Gasteiger partial charge in [0.15, 0.2) is 0 Å². The zero-order chi connectivity index (χ0) is 5.28. The second kappa shape index (κ2) is 1.80. The lowest BCUT2D eigenvalue weighted by molar-refractivity contribution is 0.0438. The molecule has 1 aliphatic rings. The first kappa shape index (κ1) is 5.06. The Labute approximate surface area is 42.8 Å². The molecule has 7 heavy (non-hydrogen) atoms. The van der Waals surface area contributed by atoms with E-state index in [9.17, 15) is 0 Å². The van der Waals surface area contributed by atoms with Crippen molar-refractivity contribution in [3.05, 3.63) is 6.42 Å². The highest BCUT2D eigenvalue weighted by molar-refractivity contribution is 4.87. The average molecular weight is 100 g/mol. The van der Waals surface area contributed by atoms with Crippen LogP contribution in [0, 0.1) is 6.42 Å². The molecule has 0 spiro atoms. The molecule has 1 rings (SSSR count). The summed E-state index contributed by atoms with van der Waals surface area (Å²) in [5.41, 5.74) is 0. The fourth-order valence-corrected chi connectivity index (χ4v) is 0.651. The molecule has 1 aliphatic carbocycles. The van der Waals surface area contributed by atoms with E-state index in [0.717, 1.165) is 0 Å². The van der Waals surface area contributed by atoms with E-state index in [-0.39, 0.29) is 0 Å². The van der Waals surface area contributed by atoms with Crippen molar-refractivity contribution in [2.45, 2.75) is 25.0 Å². The molecule has 2 unspecified atom stereocenters. The molecule has 0 amide bonds. The van der Waals surface area contributed by atoms with Gasteiger partial charge in [-0.3, -0.25) is 0 Å². The molecule has 2 nitrogen and oxygen atoms in total. The van der Waals surface area contributed by atoms with Crippen LogP contribution in [0.1, 0.15) is 12.8 Å². The van der Waals surface area contributed by atoms with Crippen molar-refractivity contribution in [2.24, 2.45) is 0 Å². The maximum absolute atomic E-state index is 8.69. The molecule has 0 aromatic heterocycles. The largest absolute Gasteiger partial charge is 0.390 e. The summed E-state index contributed by atoms with van der Waals surface area (Å²) >= 11 is 0. The smallest absolute Gasteiger partial charge is 0.0805 e. The van der Waals surface area contributed by atoms with Gasteiger partial charge in [0.25, 0.3) is 0 Å². The Morgan fingerprint density at radius 3 is 1.71 bits per heavy atom. The third-order valence-electron chi connectivity index (χ3n) is 1.15. The maximum atomic E-state index is 8.69. The first-order chi connectivity index (χ1) is 3.30. The van der Waals surface area contributed by atoms with E-state index in [0.29, 0.717) is 12.8 Å². The minimum absolute atomic E-state index is 0.529. The summed E-state index contributed by atoms with van der Waals surface area (Å²) in [6, 6.07) is 0. The molecule has 2 atom stereocenters. The van der Waals surface area contributed by atoms with E-state index in [2.05, 4.69) is 6.42 Å². The van der Waals surface area contributed by atoms with Crippen LogP contribution in [-0.4, -0.2) is 22.4 Å². The van der Waals surface area contributed by atoms with Gasteiger partial charge in [-0.2, -0.15) is 0 Å². The highest BCUT2D eigenvalue weighted by Crippen LogP contribution is 2.16. The molecule has 1 saturated carbocycles. The van der Waals surface area contributed by atoms with Crippen molar-refractivity contribution < 1.29 is 10.2 Å². The summed E-state index contributed by atoms with van der Waals surface area (Å²) in [4.78, 5) is 0. The van der Waals surface area contributed by atoms with E-state index in [1.807, 2.05) is 0 Å². The first-order valence-electron chi connectivity index (χ1n) is 2.37. The molecule has 0 aromatic rings. The van der Waals surface area contributed by atoms with Crippen LogP contribution >= 0.6 is 0 Å². The second-order valence-corrected chi connectivity index (χ2v) is 1.79. The Bertz CT molecular complexity index is 55.1. The predicted octanol–water partition coefficient (Wildman–Crippen LogP) is -0.417. The minimum Gasteiger partial charge on any atom is -0.390 e. The number of aliphatic hydroxyl groups excluding tert-OH is 2. The monoisotopic (exact) mass is 100 g/mol. The van der Waals surface area contributed by atoms with Gasteiger partial charge >= 0.3 is 0 Å². The molecule has 0 bridgehead atoms. The summed E-state index contributed by atoms with van der Waals surface area (Å²) in [5, 5.41) is 17.4. The SMILES string of the molecule is OC1C[C]CC1O. The zero-order valence-corrected chi connectivity index (χ0v) is 3.96. The Balaban J connectivity index is 2.33. The van der Waals surface area contributed by atoms with Crippen LogP contribution in [0.3, 0.4) is 0 Å². The van der Waals surface area contributed by atoms with Gasteiger partial charge in [0.2, 0.25) is 0 Å². The predicted molar refractivity (Wildman–Crippen MR) is 24.5 cm³/mol. The summed E-state index contributed by atoms with van der Waals surface area (Å²) in [6.45, 7) is 0. The summed E-state index contributed by atoms with van der Waals surface area (Å²) in [6.07, 6.45) is 2.80. The van der Waals surface area contributed by atoms with Crippen LogP contribution < -0.4 is 0 Å². The van der Waals surface area contributed by atoms with Crippen LogP contribution in [0.25, 0.3) is 0 Å². The van der Waals surface area contributed by atoms with Gasteiger partial charge in [-0.1, -0.05) is 0 Å². The third-order valence-corrected chi connectivity index (χ3v) is 1.15. The Morgan fingerprint density at radius 1 is 1.14 bits per heavy atom. The highest BCUT2D eigenvalue weighted by Gasteiger charge is 2.22. The van der Waals surface area contributed by atoms with Crippen LogP contribution in [0.15, 0.2) is 0 Å². The van der Waals surface area contributed by atoms with E-state index in [4.69, 9.17) is 10.2 Å². The Morgan fingerprint density at radius 2 is 1.57 bits per heavy atom. The van der Waals surface area contributed by atoms with E-state index >= 15 is 0 Å². The molecule has 2 heteroatoms. The normalized spacial score (nSPS) is 42.0. The van der Waals surface area contributed by atoms with E-state index in [1.54, 1.807) is 0 Å². The molecule has 2 radical (unpaired) electrons. The van der Waals surface area contributed by atoms with Crippen molar-refractivity contribution in [2.75, 3.05) is 0 Å². The molecule has 0 saturated heterocycles. The number of hydrogen-bond acceptors (Lipinski definition) is 2. The van der Waals surface area contributed by atoms with E-state index < -0.39 is 12.2 Å². The minimum atomic E-state index is -0.542. The van der Waals surface area contributed by atoms with Gasteiger partial charge in [0.05, 0.1) is 12.2 Å². The number of rotatable bonds is 0.